The van der Waals surface area contributed by atoms with Crippen molar-refractivity contribution in [2.75, 3.05) is 36.4 Å². The molecule has 6 heteroatoms. The molecule has 1 heterocycles. The molecule has 24 heavy (non-hydrogen) atoms. The first-order valence-electron chi connectivity index (χ1n) is 7.87. The standard InChI is InChI=1S/C18H19Cl2N3O/c1-13-5-2-3-8-16(13)22-9-11-23(12-10-22)18(24)21-17-14(19)6-4-7-15(17)20/h2-8H,9-12H2,1H3,(H,21,24). The van der Waals surface area contributed by atoms with Gasteiger partial charge in [0.05, 0.1) is 15.7 Å². The molecule has 0 unspecified atom stereocenters. The van der Waals surface area contributed by atoms with E-state index in [1.807, 2.05) is 12.1 Å². The number of hydrogen-bond donors (Lipinski definition) is 1. The second-order valence-corrected chi connectivity index (χ2v) is 6.60. The molecular formula is C18H19Cl2N3O. The minimum atomic E-state index is -0.172. The number of rotatable bonds is 2. The second kappa shape index (κ2) is 7.32. The van der Waals surface area contributed by atoms with Crippen molar-refractivity contribution in [3.63, 3.8) is 0 Å². The molecule has 0 saturated carbocycles. The van der Waals surface area contributed by atoms with Gasteiger partial charge in [0.2, 0.25) is 0 Å². The number of anilines is 2. The Bertz CT molecular complexity index is 723. The molecule has 0 radical (unpaired) electrons. The van der Waals surface area contributed by atoms with Gasteiger partial charge in [-0.2, -0.15) is 0 Å². The average Bonchev–Trinajstić information content (AvgIpc) is 2.59. The molecule has 0 aliphatic carbocycles. The van der Waals surface area contributed by atoms with E-state index in [1.54, 1.807) is 23.1 Å². The molecule has 1 aliphatic rings. The van der Waals surface area contributed by atoms with Gasteiger partial charge in [-0.25, -0.2) is 4.79 Å². The first kappa shape index (κ1) is 16.9. The SMILES string of the molecule is Cc1ccccc1N1CCN(C(=O)Nc2c(Cl)cccc2Cl)CC1. The Morgan fingerprint density at radius 3 is 2.21 bits per heavy atom. The maximum absolute atomic E-state index is 12.5. The van der Waals surface area contributed by atoms with Crippen molar-refractivity contribution in [2.45, 2.75) is 6.92 Å². The summed E-state index contributed by atoms with van der Waals surface area (Å²) >= 11 is 12.2. The van der Waals surface area contributed by atoms with E-state index in [0.717, 1.165) is 13.1 Å². The summed E-state index contributed by atoms with van der Waals surface area (Å²) in [4.78, 5) is 16.6. The fraction of sp³-hybridized carbons (Fsp3) is 0.278. The van der Waals surface area contributed by atoms with E-state index in [4.69, 9.17) is 23.2 Å². The molecule has 1 saturated heterocycles. The molecule has 0 spiro atoms. The first-order chi connectivity index (χ1) is 11.6. The summed E-state index contributed by atoms with van der Waals surface area (Å²) in [6.45, 7) is 5.02. The Morgan fingerprint density at radius 1 is 0.958 bits per heavy atom. The van der Waals surface area contributed by atoms with E-state index in [0.29, 0.717) is 28.8 Å². The van der Waals surface area contributed by atoms with Gasteiger partial charge in [-0.3, -0.25) is 0 Å². The number of nitrogens with one attached hydrogen (secondary N) is 1. The van der Waals surface area contributed by atoms with Gasteiger partial charge >= 0.3 is 6.03 Å². The summed E-state index contributed by atoms with van der Waals surface area (Å²) < 4.78 is 0. The Hall–Kier alpha value is -1.91. The van der Waals surface area contributed by atoms with Crippen LogP contribution in [0.25, 0.3) is 0 Å². The maximum Gasteiger partial charge on any atom is 0.322 e. The van der Waals surface area contributed by atoms with Crippen LogP contribution in [0.15, 0.2) is 42.5 Å². The van der Waals surface area contributed by atoms with Crippen molar-refractivity contribution >= 4 is 40.6 Å². The van der Waals surface area contributed by atoms with Crippen LogP contribution < -0.4 is 10.2 Å². The summed E-state index contributed by atoms with van der Waals surface area (Å²) in [6, 6.07) is 13.3. The van der Waals surface area contributed by atoms with Gasteiger partial charge in [-0.1, -0.05) is 47.5 Å². The van der Waals surface area contributed by atoms with Crippen molar-refractivity contribution in [2.24, 2.45) is 0 Å². The van der Waals surface area contributed by atoms with Crippen LogP contribution in [0.5, 0.6) is 0 Å². The number of hydrogen-bond acceptors (Lipinski definition) is 2. The molecule has 2 amide bonds. The lowest BCUT2D eigenvalue weighted by atomic mass is 10.1. The van der Waals surface area contributed by atoms with Crippen LogP contribution in [0.3, 0.4) is 0 Å². The van der Waals surface area contributed by atoms with Crippen molar-refractivity contribution in [3.05, 3.63) is 58.1 Å². The van der Waals surface area contributed by atoms with E-state index in [2.05, 4.69) is 29.3 Å². The van der Waals surface area contributed by atoms with Crippen molar-refractivity contribution in [3.8, 4) is 0 Å². The van der Waals surface area contributed by atoms with Crippen LogP contribution in [0, 0.1) is 6.92 Å². The highest BCUT2D eigenvalue weighted by molar-refractivity contribution is 6.39. The number of piperazine rings is 1. The molecule has 2 aromatic rings. The zero-order valence-corrected chi connectivity index (χ0v) is 14.9. The van der Waals surface area contributed by atoms with Crippen LogP contribution in [0.1, 0.15) is 5.56 Å². The number of carbonyl (C=O) groups excluding carboxylic acids is 1. The van der Waals surface area contributed by atoms with E-state index in [1.165, 1.54) is 11.3 Å². The molecule has 0 atom stereocenters. The molecule has 2 aromatic carbocycles. The molecule has 126 valence electrons. The smallest absolute Gasteiger partial charge is 0.322 e. The Morgan fingerprint density at radius 2 is 1.58 bits per heavy atom. The van der Waals surface area contributed by atoms with Crippen LogP contribution in [-0.2, 0) is 0 Å². The maximum atomic E-state index is 12.5. The normalized spacial score (nSPS) is 14.6. The van der Waals surface area contributed by atoms with E-state index in [-0.39, 0.29) is 6.03 Å². The van der Waals surface area contributed by atoms with Gasteiger partial charge in [0.1, 0.15) is 0 Å². The lowest BCUT2D eigenvalue weighted by molar-refractivity contribution is 0.208. The van der Waals surface area contributed by atoms with Gasteiger partial charge in [0, 0.05) is 31.9 Å². The third-order valence-corrected chi connectivity index (χ3v) is 4.85. The lowest BCUT2D eigenvalue weighted by Gasteiger charge is -2.36. The fourth-order valence-electron chi connectivity index (χ4n) is 2.87. The minimum absolute atomic E-state index is 0.172. The van der Waals surface area contributed by atoms with Crippen LogP contribution in [-0.4, -0.2) is 37.1 Å². The predicted molar refractivity (Wildman–Crippen MR) is 100 cm³/mol. The number of carbonyl (C=O) groups is 1. The first-order valence-corrected chi connectivity index (χ1v) is 8.62. The predicted octanol–water partition coefficient (Wildman–Crippen LogP) is 4.66. The summed E-state index contributed by atoms with van der Waals surface area (Å²) in [5.74, 6) is 0. The van der Waals surface area contributed by atoms with E-state index in [9.17, 15) is 4.79 Å². The van der Waals surface area contributed by atoms with Gasteiger partial charge in [-0.15, -0.1) is 0 Å². The van der Waals surface area contributed by atoms with Crippen LogP contribution in [0.4, 0.5) is 16.2 Å². The third kappa shape index (κ3) is 3.60. The number of nitrogens with zero attached hydrogens (tertiary/aromatic N) is 2. The van der Waals surface area contributed by atoms with Crippen LogP contribution in [0.2, 0.25) is 10.0 Å². The van der Waals surface area contributed by atoms with Gasteiger partial charge in [0.25, 0.3) is 0 Å². The fourth-order valence-corrected chi connectivity index (χ4v) is 3.36. The average molecular weight is 364 g/mol. The second-order valence-electron chi connectivity index (χ2n) is 5.79. The number of halogens is 2. The Kier molecular flexibility index (Phi) is 5.17. The molecule has 0 bridgehead atoms. The number of para-hydroxylation sites is 2. The quantitative estimate of drug-likeness (QED) is 0.842. The molecule has 1 aliphatic heterocycles. The number of amides is 2. The Balaban J connectivity index is 1.62. The highest BCUT2D eigenvalue weighted by Crippen LogP contribution is 2.30. The summed E-state index contributed by atoms with van der Waals surface area (Å²) in [5, 5.41) is 3.70. The summed E-state index contributed by atoms with van der Waals surface area (Å²) in [6.07, 6.45) is 0. The van der Waals surface area contributed by atoms with Crippen molar-refractivity contribution in [1.82, 2.24) is 4.90 Å². The molecule has 1 fully saturated rings. The zero-order valence-electron chi connectivity index (χ0n) is 13.4. The zero-order chi connectivity index (χ0) is 17.1. The molecule has 4 nitrogen and oxygen atoms in total. The third-order valence-electron chi connectivity index (χ3n) is 4.22. The van der Waals surface area contributed by atoms with Gasteiger partial charge in [-0.05, 0) is 30.7 Å². The monoisotopic (exact) mass is 363 g/mol. The lowest BCUT2D eigenvalue weighted by Crippen LogP contribution is -2.50. The number of aryl methyl sites for hydroxylation is 1. The molecule has 1 N–H and O–H groups in total. The van der Waals surface area contributed by atoms with E-state index < -0.39 is 0 Å². The molecule has 0 aromatic heterocycles. The van der Waals surface area contributed by atoms with Gasteiger partial charge < -0.3 is 15.1 Å². The van der Waals surface area contributed by atoms with E-state index >= 15 is 0 Å². The largest absolute Gasteiger partial charge is 0.368 e. The minimum Gasteiger partial charge on any atom is -0.368 e. The van der Waals surface area contributed by atoms with Crippen molar-refractivity contribution < 1.29 is 4.79 Å². The topological polar surface area (TPSA) is 35.6 Å². The highest BCUT2D eigenvalue weighted by atomic mass is 35.5. The molecular weight excluding hydrogens is 345 g/mol. The molecule has 3 rings (SSSR count). The number of benzene rings is 2. The summed E-state index contributed by atoms with van der Waals surface area (Å²) in [7, 11) is 0. The highest BCUT2D eigenvalue weighted by Gasteiger charge is 2.23. The number of urea groups is 1. The van der Waals surface area contributed by atoms with Crippen molar-refractivity contribution in [1.29, 1.82) is 0 Å². The van der Waals surface area contributed by atoms with Gasteiger partial charge in [0.15, 0.2) is 0 Å². The Labute approximate surface area is 152 Å². The summed E-state index contributed by atoms with van der Waals surface area (Å²) in [5.41, 5.74) is 2.94. The van der Waals surface area contributed by atoms with Crippen LogP contribution >= 0.6 is 23.2 Å².